The quantitative estimate of drug-likeness (QED) is 0.881. The van der Waals surface area contributed by atoms with Crippen molar-refractivity contribution in [2.24, 2.45) is 0 Å². The first-order valence-electron chi connectivity index (χ1n) is 7.05. The molecular weight excluding hydrogens is 289 g/mol. The van der Waals surface area contributed by atoms with Gasteiger partial charge < -0.3 is 19.9 Å². The van der Waals surface area contributed by atoms with E-state index >= 15 is 0 Å². The Morgan fingerprint density at radius 2 is 2.05 bits per heavy atom. The van der Waals surface area contributed by atoms with E-state index in [0.717, 1.165) is 31.1 Å². The monoisotopic (exact) mass is 307 g/mol. The van der Waals surface area contributed by atoms with E-state index in [-0.39, 0.29) is 11.8 Å². The molecule has 1 aromatic carbocycles. The van der Waals surface area contributed by atoms with Gasteiger partial charge in [0.2, 0.25) is 5.95 Å². The number of nitrogens with zero attached hydrogens (tertiary/aromatic N) is 4. The molecule has 0 atom stereocenters. The highest BCUT2D eigenvalue weighted by Crippen LogP contribution is 2.27. The van der Waals surface area contributed by atoms with E-state index in [1.807, 2.05) is 11.9 Å². The molecule has 1 fully saturated rings. The molecule has 0 saturated carbocycles. The van der Waals surface area contributed by atoms with E-state index in [1.54, 1.807) is 6.07 Å². The van der Waals surface area contributed by atoms with Gasteiger partial charge >= 0.3 is 6.09 Å². The SMILES string of the molecule is CN1CCN(c2cc3nc(N(C)C(=O)O)[nH]c3cc2F)CC1. The van der Waals surface area contributed by atoms with Crippen LogP contribution in [0.2, 0.25) is 0 Å². The summed E-state index contributed by atoms with van der Waals surface area (Å²) in [6.45, 7) is 3.27. The number of anilines is 2. The number of hydrogen-bond donors (Lipinski definition) is 2. The maximum atomic E-state index is 14.3. The summed E-state index contributed by atoms with van der Waals surface area (Å²) < 4.78 is 14.3. The van der Waals surface area contributed by atoms with Gasteiger partial charge in [-0.25, -0.2) is 14.2 Å². The van der Waals surface area contributed by atoms with Crippen LogP contribution in [-0.4, -0.2) is 66.3 Å². The molecule has 1 amide bonds. The number of aromatic amines is 1. The molecule has 0 unspecified atom stereocenters. The van der Waals surface area contributed by atoms with Crippen molar-refractivity contribution in [1.29, 1.82) is 0 Å². The van der Waals surface area contributed by atoms with Gasteiger partial charge in [-0.15, -0.1) is 0 Å². The van der Waals surface area contributed by atoms with E-state index in [1.165, 1.54) is 13.1 Å². The number of rotatable bonds is 2. The predicted molar refractivity (Wildman–Crippen MR) is 82.2 cm³/mol. The number of piperazine rings is 1. The van der Waals surface area contributed by atoms with Gasteiger partial charge in [0.15, 0.2) is 0 Å². The van der Waals surface area contributed by atoms with Gasteiger partial charge in [0.1, 0.15) is 5.82 Å². The fraction of sp³-hybridized carbons (Fsp3) is 0.429. The summed E-state index contributed by atoms with van der Waals surface area (Å²) in [5.74, 6) is -0.150. The van der Waals surface area contributed by atoms with Crippen molar-refractivity contribution in [1.82, 2.24) is 14.9 Å². The summed E-state index contributed by atoms with van der Waals surface area (Å²) in [6.07, 6.45) is -1.13. The van der Waals surface area contributed by atoms with Crippen LogP contribution in [0.15, 0.2) is 12.1 Å². The third-order valence-electron chi connectivity index (χ3n) is 3.99. The lowest BCUT2D eigenvalue weighted by molar-refractivity contribution is 0.203. The summed E-state index contributed by atoms with van der Waals surface area (Å²) in [6, 6.07) is 3.04. The van der Waals surface area contributed by atoms with Crippen LogP contribution in [0.25, 0.3) is 11.0 Å². The molecule has 1 aliphatic heterocycles. The molecule has 2 aromatic rings. The third-order valence-corrected chi connectivity index (χ3v) is 3.99. The number of halogens is 1. The highest BCUT2D eigenvalue weighted by atomic mass is 19.1. The minimum atomic E-state index is -1.13. The Morgan fingerprint density at radius 1 is 1.36 bits per heavy atom. The number of amides is 1. The number of imidazole rings is 1. The van der Waals surface area contributed by atoms with Crippen LogP contribution in [0.1, 0.15) is 0 Å². The van der Waals surface area contributed by atoms with E-state index in [2.05, 4.69) is 14.9 Å². The molecule has 1 aromatic heterocycles. The zero-order valence-corrected chi connectivity index (χ0v) is 12.5. The summed E-state index contributed by atoms with van der Waals surface area (Å²) in [7, 11) is 3.43. The standard InChI is InChI=1S/C14H18FN5O2/c1-18-3-5-20(6-4-18)12-8-11-10(7-9(12)15)16-13(17-11)19(2)14(21)22/h7-8H,3-6H2,1-2H3,(H,16,17)(H,21,22). The van der Waals surface area contributed by atoms with Gasteiger partial charge in [-0.1, -0.05) is 0 Å². The Bertz CT molecular complexity index is 709. The third kappa shape index (κ3) is 2.57. The van der Waals surface area contributed by atoms with Gasteiger partial charge in [0.05, 0.1) is 16.7 Å². The van der Waals surface area contributed by atoms with E-state index < -0.39 is 6.09 Å². The van der Waals surface area contributed by atoms with Crippen molar-refractivity contribution in [3.63, 3.8) is 0 Å². The maximum Gasteiger partial charge on any atom is 0.413 e. The molecule has 0 radical (unpaired) electrons. The number of fused-ring (bicyclic) bond motifs is 1. The van der Waals surface area contributed by atoms with Crippen molar-refractivity contribution in [2.75, 3.05) is 50.1 Å². The zero-order chi connectivity index (χ0) is 15.9. The second kappa shape index (κ2) is 5.45. The molecule has 2 N–H and O–H groups in total. The molecule has 22 heavy (non-hydrogen) atoms. The average Bonchev–Trinajstić information content (AvgIpc) is 2.89. The second-order valence-electron chi connectivity index (χ2n) is 5.51. The molecule has 118 valence electrons. The maximum absolute atomic E-state index is 14.3. The minimum Gasteiger partial charge on any atom is -0.465 e. The van der Waals surface area contributed by atoms with Gasteiger partial charge in [0, 0.05) is 39.3 Å². The van der Waals surface area contributed by atoms with Crippen LogP contribution in [0.4, 0.5) is 20.8 Å². The first-order chi connectivity index (χ1) is 10.5. The van der Waals surface area contributed by atoms with Crippen molar-refractivity contribution in [3.05, 3.63) is 17.9 Å². The first kappa shape index (κ1) is 14.6. The van der Waals surface area contributed by atoms with Gasteiger partial charge in [-0.3, -0.25) is 4.90 Å². The van der Waals surface area contributed by atoms with Crippen molar-refractivity contribution in [2.45, 2.75) is 0 Å². The first-order valence-corrected chi connectivity index (χ1v) is 7.05. The van der Waals surface area contributed by atoms with E-state index in [9.17, 15) is 9.18 Å². The zero-order valence-electron chi connectivity index (χ0n) is 12.5. The van der Waals surface area contributed by atoms with Crippen LogP contribution in [0.3, 0.4) is 0 Å². The van der Waals surface area contributed by atoms with Gasteiger partial charge in [-0.2, -0.15) is 0 Å². The normalized spacial score (nSPS) is 16.2. The summed E-state index contributed by atoms with van der Waals surface area (Å²) >= 11 is 0. The van der Waals surface area contributed by atoms with Gasteiger partial charge in [0.25, 0.3) is 0 Å². The van der Waals surface area contributed by atoms with Crippen LogP contribution in [0.5, 0.6) is 0 Å². The van der Waals surface area contributed by atoms with Crippen LogP contribution >= 0.6 is 0 Å². The molecule has 2 heterocycles. The Morgan fingerprint density at radius 3 is 2.68 bits per heavy atom. The Kier molecular flexibility index (Phi) is 3.61. The Labute approximate surface area is 126 Å². The minimum absolute atomic E-state index is 0.178. The van der Waals surface area contributed by atoms with Crippen LogP contribution in [-0.2, 0) is 0 Å². The fourth-order valence-electron chi connectivity index (χ4n) is 2.55. The van der Waals surface area contributed by atoms with E-state index in [0.29, 0.717) is 16.7 Å². The molecule has 1 saturated heterocycles. The molecular formula is C14H18FN5O2. The smallest absolute Gasteiger partial charge is 0.413 e. The lowest BCUT2D eigenvalue weighted by Crippen LogP contribution is -2.44. The average molecular weight is 307 g/mol. The molecule has 7 nitrogen and oxygen atoms in total. The van der Waals surface area contributed by atoms with Crippen molar-refractivity contribution < 1.29 is 14.3 Å². The molecule has 0 spiro atoms. The summed E-state index contributed by atoms with van der Waals surface area (Å²) in [5, 5.41) is 8.98. The molecule has 3 rings (SSSR count). The second-order valence-corrected chi connectivity index (χ2v) is 5.51. The van der Waals surface area contributed by atoms with Crippen LogP contribution in [0, 0.1) is 5.82 Å². The lowest BCUT2D eigenvalue weighted by Gasteiger charge is -2.34. The lowest BCUT2D eigenvalue weighted by atomic mass is 10.2. The molecule has 0 bridgehead atoms. The predicted octanol–water partition coefficient (Wildman–Crippen LogP) is 1.57. The largest absolute Gasteiger partial charge is 0.465 e. The molecule has 0 aliphatic carbocycles. The number of carboxylic acid groups (broad SMARTS) is 1. The number of likely N-dealkylation sites (N-methyl/N-ethyl adjacent to an activating group) is 1. The number of benzene rings is 1. The number of carbonyl (C=O) groups is 1. The fourth-order valence-corrected chi connectivity index (χ4v) is 2.55. The Hall–Kier alpha value is -2.35. The highest BCUT2D eigenvalue weighted by Gasteiger charge is 2.20. The number of aromatic nitrogens is 2. The molecule has 1 aliphatic rings. The summed E-state index contributed by atoms with van der Waals surface area (Å²) in [5.41, 5.74) is 1.55. The topological polar surface area (TPSA) is 75.7 Å². The highest BCUT2D eigenvalue weighted by molar-refractivity contribution is 5.88. The van der Waals surface area contributed by atoms with E-state index in [4.69, 9.17) is 5.11 Å². The summed E-state index contributed by atoms with van der Waals surface area (Å²) in [4.78, 5) is 23.2. The number of hydrogen-bond acceptors (Lipinski definition) is 4. The van der Waals surface area contributed by atoms with Crippen molar-refractivity contribution in [3.8, 4) is 0 Å². The number of nitrogens with one attached hydrogen (secondary N) is 1. The van der Waals surface area contributed by atoms with Crippen LogP contribution < -0.4 is 9.80 Å². The van der Waals surface area contributed by atoms with Crippen molar-refractivity contribution >= 4 is 28.8 Å². The van der Waals surface area contributed by atoms with Gasteiger partial charge in [-0.05, 0) is 13.1 Å². The Balaban J connectivity index is 1.95. The molecule has 8 heteroatoms. The number of H-pyrrole nitrogens is 1.